The average molecular weight is 124 g/mol. The van der Waals surface area contributed by atoms with E-state index in [1.165, 1.54) is 0 Å². The molecule has 5 nitrogen and oxygen atoms in total. The fourth-order valence-corrected chi connectivity index (χ4v) is 0.168. The quantitative estimate of drug-likeness (QED) is 0.366. The Labute approximate surface area is 39.8 Å². The number of phosphoric acid groups is 1. The van der Waals surface area contributed by atoms with Crippen molar-refractivity contribution in [2.45, 2.75) is 0 Å². The van der Waals surface area contributed by atoms with Gasteiger partial charge in [0.25, 0.3) is 0 Å². The third kappa shape index (κ3) is 5.81. The monoisotopic (exact) mass is 124 g/mol. The molecule has 2 N–H and O–H groups in total. The molecule has 0 amide bonds. The zero-order chi connectivity index (χ0) is 5.91. The molecule has 0 aliphatic carbocycles. The molecule has 7 heteroatoms. The molecule has 0 aromatic heterocycles. The van der Waals surface area contributed by atoms with Gasteiger partial charge in [0.05, 0.1) is 0 Å². The molecule has 0 heterocycles. The van der Waals surface area contributed by atoms with Crippen molar-refractivity contribution in [1.82, 2.24) is 0 Å². The van der Waals surface area contributed by atoms with Gasteiger partial charge in [-0.1, -0.05) is 0 Å². The normalized spacial score (nSPS) is 10.0. The maximum atomic E-state index is 9.47. The Morgan fingerprint density at radius 1 is 1.57 bits per heavy atom. The first-order valence-electron chi connectivity index (χ1n) is 1.24. The topological polar surface area (TPSA) is 83.8 Å². The Morgan fingerprint density at radius 3 is 2.00 bits per heavy atom. The molecule has 0 atom stereocenters. The summed E-state index contributed by atoms with van der Waals surface area (Å²) in [6, 6.07) is 0. The molecular weight excluding hydrogens is 122 g/mol. The van der Waals surface area contributed by atoms with Crippen LogP contribution in [-0.2, 0) is 13.7 Å². The predicted octanol–water partition coefficient (Wildman–Crippen LogP) is -0.940. The van der Waals surface area contributed by atoms with Gasteiger partial charge in [-0.3, -0.25) is 0 Å². The molecule has 0 saturated carbocycles. The first kappa shape index (κ1) is 6.81. The van der Waals surface area contributed by atoms with E-state index in [2.05, 4.69) is 4.44 Å². The van der Waals surface area contributed by atoms with Gasteiger partial charge in [0.15, 0.2) is 0 Å². The second-order valence-electron chi connectivity index (χ2n) is 0.692. The van der Waals surface area contributed by atoms with Crippen LogP contribution in [0.5, 0.6) is 0 Å². The van der Waals surface area contributed by atoms with Crippen LogP contribution in [0, 0.1) is 0 Å². The predicted molar refractivity (Wildman–Crippen MR) is 19.6 cm³/mol. The van der Waals surface area contributed by atoms with Gasteiger partial charge in [-0.2, -0.15) is 0 Å². The molecular formula is H2BO5P. The van der Waals surface area contributed by atoms with Crippen molar-refractivity contribution in [3.8, 4) is 0 Å². The molecule has 0 radical (unpaired) electrons. The Hall–Kier alpha value is -0.185. The van der Waals surface area contributed by atoms with Gasteiger partial charge >= 0.3 is 38.7 Å². The van der Waals surface area contributed by atoms with Crippen LogP contribution in [0.25, 0.3) is 0 Å². The zero-order valence-corrected chi connectivity index (χ0v) is 4.04. The molecule has 0 aliphatic rings. The minimum atomic E-state index is -4.53. The molecule has 0 unspecified atom stereocenters. The van der Waals surface area contributed by atoms with Crippen LogP contribution in [-0.4, -0.2) is 17.1 Å². The molecule has 7 heavy (non-hydrogen) atoms. The van der Waals surface area contributed by atoms with Crippen molar-refractivity contribution in [3.05, 3.63) is 0 Å². The second-order valence-corrected chi connectivity index (χ2v) is 1.88. The fraction of sp³-hybridized carbons (Fsp3) is 0. The molecule has 0 aromatic carbocycles. The van der Waals surface area contributed by atoms with Crippen molar-refractivity contribution in [2.24, 2.45) is 0 Å². The van der Waals surface area contributed by atoms with E-state index in [9.17, 15) is 4.57 Å². The molecule has 40 valence electrons. The van der Waals surface area contributed by atoms with Gasteiger partial charge in [-0.05, 0) is 0 Å². The molecule has 0 bridgehead atoms. The second kappa shape index (κ2) is 2.21. The summed E-state index contributed by atoms with van der Waals surface area (Å²) in [5, 5.41) is 0. The fourth-order valence-electron chi connectivity index (χ4n) is 0.0561. The van der Waals surface area contributed by atoms with E-state index in [1.54, 1.807) is 0 Å². The summed E-state index contributed by atoms with van der Waals surface area (Å²) >= 11 is 0. The number of rotatable bonds is 2. The van der Waals surface area contributed by atoms with Gasteiger partial charge in [0.2, 0.25) is 0 Å². The van der Waals surface area contributed by atoms with E-state index in [-0.39, 0.29) is 7.35 Å². The SMILES string of the molecule is O=BOP(=O)(O)O. The van der Waals surface area contributed by atoms with E-state index < -0.39 is 7.82 Å². The van der Waals surface area contributed by atoms with Crippen molar-refractivity contribution in [2.75, 3.05) is 0 Å². The van der Waals surface area contributed by atoms with E-state index in [0.717, 1.165) is 0 Å². The van der Waals surface area contributed by atoms with E-state index in [0.29, 0.717) is 0 Å². The van der Waals surface area contributed by atoms with Crippen LogP contribution in [0.3, 0.4) is 0 Å². The van der Waals surface area contributed by atoms with Crippen molar-refractivity contribution in [1.29, 1.82) is 0 Å². The first-order valence-corrected chi connectivity index (χ1v) is 2.77. The maximum absolute atomic E-state index is 9.47. The average Bonchev–Trinajstić information content (AvgIpc) is 1.30. The Kier molecular flexibility index (Phi) is 2.15. The Bertz CT molecular complexity index is 101. The van der Waals surface area contributed by atoms with Gasteiger partial charge in [0, 0.05) is 0 Å². The molecule has 0 spiro atoms. The summed E-state index contributed by atoms with van der Waals surface area (Å²) in [4.78, 5) is 15.4. The zero-order valence-electron chi connectivity index (χ0n) is 3.14. The standard InChI is InChI=1S/BH2O5P/c2-1-6-7(3,4)5/h(H2,3,4,5). The van der Waals surface area contributed by atoms with Gasteiger partial charge < -0.3 is 0 Å². The van der Waals surface area contributed by atoms with Crippen molar-refractivity contribution < 1.29 is 23.5 Å². The summed E-state index contributed by atoms with van der Waals surface area (Å²) < 4.78 is 21.8. The molecule has 0 aliphatic heterocycles. The van der Waals surface area contributed by atoms with Crippen LogP contribution < -0.4 is 0 Å². The Balaban J connectivity index is 3.57. The van der Waals surface area contributed by atoms with Crippen LogP contribution in [0.15, 0.2) is 0 Å². The van der Waals surface area contributed by atoms with Crippen molar-refractivity contribution in [3.63, 3.8) is 0 Å². The molecule has 0 saturated heterocycles. The van der Waals surface area contributed by atoms with Crippen LogP contribution in [0.1, 0.15) is 0 Å². The Morgan fingerprint density at radius 2 is 2.00 bits per heavy atom. The number of hydrogen-bond acceptors (Lipinski definition) is 3. The number of hydrogen-bond donors (Lipinski definition) is 2. The minimum absolute atomic E-state index is 0.305. The molecule has 0 aromatic rings. The van der Waals surface area contributed by atoms with Crippen LogP contribution in [0.4, 0.5) is 0 Å². The van der Waals surface area contributed by atoms with E-state index >= 15 is 0 Å². The summed E-state index contributed by atoms with van der Waals surface area (Å²) in [5.74, 6) is 0. The van der Waals surface area contributed by atoms with Crippen LogP contribution in [0.2, 0.25) is 0 Å². The summed E-state index contributed by atoms with van der Waals surface area (Å²) in [5.41, 5.74) is 0. The van der Waals surface area contributed by atoms with Crippen LogP contribution >= 0.6 is 7.82 Å². The van der Waals surface area contributed by atoms with Gasteiger partial charge in [-0.15, -0.1) is 0 Å². The van der Waals surface area contributed by atoms with E-state index in [1.807, 2.05) is 0 Å². The summed E-state index contributed by atoms with van der Waals surface area (Å²) in [6.45, 7) is 0. The van der Waals surface area contributed by atoms with Gasteiger partial charge in [0.1, 0.15) is 0 Å². The van der Waals surface area contributed by atoms with Crippen molar-refractivity contribution >= 4 is 15.2 Å². The third-order valence-corrected chi connectivity index (χ3v) is 0.541. The third-order valence-electron chi connectivity index (χ3n) is 0.180. The van der Waals surface area contributed by atoms with Gasteiger partial charge in [-0.25, -0.2) is 0 Å². The summed E-state index contributed by atoms with van der Waals surface area (Å²) in [7, 11) is -4.84. The van der Waals surface area contributed by atoms with E-state index in [4.69, 9.17) is 14.5 Å². The summed E-state index contributed by atoms with van der Waals surface area (Å²) in [6.07, 6.45) is 0. The molecule has 0 rings (SSSR count). The first-order chi connectivity index (χ1) is 3.06. The molecule has 0 fully saturated rings.